The topological polar surface area (TPSA) is 44.5 Å². The van der Waals surface area contributed by atoms with Crippen molar-refractivity contribution in [2.24, 2.45) is 5.73 Å². The molecule has 3 nitrogen and oxygen atoms in total. The van der Waals surface area contributed by atoms with E-state index in [9.17, 15) is 4.39 Å². The van der Waals surface area contributed by atoms with Crippen molar-refractivity contribution in [3.05, 3.63) is 59.4 Å². The van der Waals surface area contributed by atoms with Crippen LogP contribution >= 0.6 is 0 Å². The van der Waals surface area contributed by atoms with Crippen molar-refractivity contribution in [1.82, 2.24) is 0 Å². The summed E-state index contributed by atoms with van der Waals surface area (Å²) in [5.41, 5.74) is 7.38. The fourth-order valence-corrected chi connectivity index (χ4v) is 2.39. The van der Waals surface area contributed by atoms with E-state index in [1.807, 2.05) is 31.2 Å². The predicted molar refractivity (Wildman–Crippen MR) is 81.2 cm³/mol. The molecule has 2 rings (SSSR count). The highest BCUT2D eigenvalue weighted by atomic mass is 19.1. The van der Waals surface area contributed by atoms with Crippen molar-refractivity contribution in [1.29, 1.82) is 0 Å². The number of hydrogen-bond acceptors (Lipinski definition) is 3. The van der Waals surface area contributed by atoms with E-state index in [4.69, 9.17) is 15.2 Å². The second kappa shape index (κ2) is 6.14. The Hall–Kier alpha value is -2.07. The summed E-state index contributed by atoms with van der Waals surface area (Å²) >= 11 is 0. The highest BCUT2D eigenvalue weighted by Crippen LogP contribution is 2.31. The van der Waals surface area contributed by atoms with Crippen LogP contribution in [0, 0.1) is 5.82 Å². The summed E-state index contributed by atoms with van der Waals surface area (Å²) in [4.78, 5) is 0. The molecule has 112 valence electrons. The molecule has 0 bridgehead atoms. The van der Waals surface area contributed by atoms with E-state index in [2.05, 4.69) is 0 Å². The molecule has 2 N–H and O–H groups in total. The molecule has 21 heavy (non-hydrogen) atoms. The fourth-order valence-electron chi connectivity index (χ4n) is 2.39. The minimum atomic E-state index is -0.734. The molecule has 2 aromatic carbocycles. The van der Waals surface area contributed by atoms with Crippen LogP contribution in [0.1, 0.15) is 18.1 Å². The molecule has 0 saturated carbocycles. The number of hydrogen-bond donors (Lipinski definition) is 1. The zero-order valence-electron chi connectivity index (χ0n) is 12.5. The van der Waals surface area contributed by atoms with E-state index in [1.165, 1.54) is 12.1 Å². The van der Waals surface area contributed by atoms with Gasteiger partial charge in [0.2, 0.25) is 0 Å². The Bertz CT molecular complexity index is 609. The van der Waals surface area contributed by atoms with Gasteiger partial charge >= 0.3 is 0 Å². The van der Waals surface area contributed by atoms with Gasteiger partial charge in [-0.2, -0.15) is 0 Å². The largest absolute Gasteiger partial charge is 0.497 e. The maximum Gasteiger partial charge on any atom is 0.124 e. The van der Waals surface area contributed by atoms with Gasteiger partial charge in [0.1, 0.15) is 17.3 Å². The average molecular weight is 289 g/mol. The Balaban J connectivity index is 2.30. The van der Waals surface area contributed by atoms with Gasteiger partial charge in [0.15, 0.2) is 0 Å². The van der Waals surface area contributed by atoms with Crippen molar-refractivity contribution < 1.29 is 13.9 Å². The second-order valence-corrected chi connectivity index (χ2v) is 5.29. The van der Waals surface area contributed by atoms with Gasteiger partial charge in [-0.3, -0.25) is 0 Å². The average Bonchev–Trinajstić information content (AvgIpc) is 2.47. The van der Waals surface area contributed by atoms with E-state index in [0.717, 1.165) is 11.3 Å². The molecule has 0 aromatic heterocycles. The Morgan fingerprint density at radius 2 is 1.71 bits per heavy atom. The lowest BCUT2D eigenvalue weighted by atomic mass is 9.86. The molecule has 0 amide bonds. The van der Waals surface area contributed by atoms with Gasteiger partial charge in [-0.1, -0.05) is 12.1 Å². The molecule has 2 aromatic rings. The summed E-state index contributed by atoms with van der Waals surface area (Å²) in [5, 5.41) is 0. The Labute approximate surface area is 124 Å². The summed E-state index contributed by atoms with van der Waals surface area (Å²) in [5.74, 6) is 1.06. The molecule has 0 fully saturated rings. The third kappa shape index (κ3) is 3.52. The molecule has 0 aliphatic rings. The number of halogens is 1. The first-order valence-electron chi connectivity index (χ1n) is 6.72. The van der Waals surface area contributed by atoms with Gasteiger partial charge in [-0.25, -0.2) is 4.39 Å². The van der Waals surface area contributed by atoms with Crippen LogP contribution in [0.25, 0.3) is 0 Å². The summed E-state index contributed by atoms with van der Waals surface area (Å²) < 4.78 is 24.0. The highest BCUT2D eigenvalue weighted by molar-refractivity contribution is 5.40. The van der Waals surface area contributed by atoms with E-state index >= 15 is 0 Å². The maximum atomic E-state index is 13.5. The Morgan fingerprint density at radius 1 is 1.05 bits per heavy atom. The molecule has 0 aliphatic heterocycles. The lowest BCUT2D eigenvalue weighted by molar-refractivity contribution is 0.384. The molecular formula is C17H20FNO2. The van der Waals surface area contributed by atoms with E-state index < -0.39 is 5.54 Å². The smallest absolute Gasteiger partial charge is 0.124 e. The number of ether oxygens (including phenoxy) is 2. The quantitative estimate of drug-likeness (QED) is 0.919. The molecule has 1 unspecified atom stereocenters. The standard InChI is InChI=1S/C17H20FNO2/c1-17(19,11-12-4-7-14(20-2)8-5-12)15-10-13(18)6-9-16(15)21-3/h4-10H,11,19H2,1-3H3. The third-order valence-electron chi connectivity index (χ3n) is 3.51. The molecule has 4 heteroatoms. The number of benzene rings is 2. The highest BCUT2D eigenvalue weighted by Gasteiger charge is 2.26. The van der Waals surface area contributed by atoms with Gasteiger partial charge < -0.3 is 15.2 Å². The normalized spacial score (nSPS) is 13.6. The first-order valence-corrected chi connectivity index (χ1v) is 6.72. The van der Waals surface area contributed by atoms with Crippen molar-refractivity contribution in [3.63, 3.8) is 0 Å². The SMILES string of the molecule is COc1ccc(CC(C)(N)c2cc(F)ccc2OC)cc1. The summed E-state index contributed by atoms with van der Waals surface area (Å²) in [6.07, 6.45) is 0.566. The zero-order valence-corrected chi connectivity index (χ0v) is 12.5. The van der Waals surface area contributed by atoms with Crippen LogP contribution in [0.4, 0.5) is 4.39 Å². The fraction of sp³-hybridized carbons (Fsp3) is 0.294. The van der Waals surface area contributed by atoms with Gasteiger partial charge in [0, 0.05) is 11.1 Å². The molecule has 0 spiro atoms. The van der Waals surface area contributed by atoms with Crippen LogP contribution in [-0.2, 0) is 12.0 Å². The maximum absolute atomic E-state index is 13.5. The molecule has 0 heterocycles. The lowest BCUT2D eigenvalue weighted by Crippen LogP contribution is -2.36. The monoisotopic (exact) mass is 289 g/mol. The Morgan fingerprint density at radius 3 is 2.29 bits per heavy atom. The van der Waals surface area contributed by atoms with E-state index in [1.54, 1.807) is 20.3 Å². The van der Waals surface area contributed by atoms with Crippen LogP contribution in [0.2, 0.25) is 0 Å². The van der Waals surface area contributed by atoms with Crippen molar-refractivity contribution >= 4 is 0 Å². The summed E-state index contributed by atoms with van der Waals surface area (Å²) in [6.45, 7) is 1.87. The molecule has 0 aliphatic carbocycles. The minimum absolute atomic E-state index is 0.322. The zero-order chi connectivity index (χ0) is 15.5. The van der Waals surface area contributed by atoms with Gasteiger partial charge in [0.25, 0.3) is 0 Å². The van der Waals surface area contributed by atoms with Crippen molar-refractivity contribution in [3.8, 4) is 11.5 Å². The summed E-state index contributed by atoms with van der Waals surface area (Å²) in [6, 6.07) is 12.1. The van der Waals surface area contributed by atoms with Gasteiger partial charge in [0.05, 0.1) is 14.2 Å². The van der Waals surface area contributed by atoms with Crippen LogP contribution in [0.5, 0.6) is 11.5 Å². The number of nitrogens with two attached hydrogens (primary N) is 1. The third-order valence-corrected chi connectivity index (χ3v) is 3.51. The van der Waals surface area contributed by atoms with Crippen LogP contribution in [0.15, 0.2) is 42.5 Å². The number of methoxy groups -OCH3 is 2. The predicted octanol–water partition coefficient (Wildman–Crippen LogP) is 3.26. The first-order chi connectivity index (χ1) is 9.96. The van der Waals surface area contributed by atoms with Crippen LogP contribution in [-0.4, -0.2) is 14.2 Å². The van der Waals surface area contributed by atoms with Crippen LogP contribution in [0.3, 0.4) is 0 Å². The number of rotatable bonds is 5. The molecular weight excluding hydrogens is 269 g/mol. The van der Waals surface area contributed by atoms with Crippen molar-refractivity contribution in [2.45, 2.75) is 18.9 Å². The van der Waals surface area contributed by atoms with Gasteiger partial charge in [-0.15, -0.1) is 0 Å². The van der Waals surface area contributed by atoms with Crippen LogP contribution < -0.4 is 15.2 Å². The van der Waals surface area contributed by atoms with E-state index in [0.29, 0.717) is 17.7 Å². The van der Waals surface area contributed by atoms with Crippen molar-refractivity contribution in [2.75, 3.05) is 14.2 Å². The molecule has 1 atom stereocenters. The molecule has 0 saturated heterocycles. The first kappa shape index (κ1) is 15.3. The van der Waals surface area contributed by atoms with E-state index in [-0.39, 0.29) is 5.82 Å². The second-order valence-electron chi connectivity index (χ2n) is 5.29. The minimum Gasteiger partial charge on any atom is -0.497 e. The Kier molecular flexibility index (Phi) is 4.48. The molecule has 0 radical (unpaired) electrons. The lowest BCUT2D eigenvalue weighted by Gasteiger charge is -2.27. The van der Waals surface area contributed by atoms with Gasteiger partial charge in [-0.05, 0) is 49.2 Å². The summed E-state index contributed by atoms with van der Waals surface area (Å²) in [7, 11) is 3.18.